The molecule has 0 saturated heterocycles. The van der Waals surface area contributed by atoms with Crippen LogP contribution in [-0.4, -0.2) is 9.97 Å². The second-order valence-electron chi connectivity index (χ2n) is 7.47. The molecule has 6 rings (SSSR count). The van der Waals surface area contributed by atoms with E-state index in [4.69, 9.17) is 14.4 Å². The number of benzene rings is 4. The highest BCUT2D eigenvalue weighted by Gasteiger charge is 2.16. The maximum atomic E-state index is 6.25. The van der Waals surface area contributed by atoms with Crippen molar-refractivity contribution >= 4 is 21.9 Å². The van der Waals surface area contributed by atoms with Crippen molar-refractivity contribution in [3.8, 4) is 33.9 Å². The zero-order chi connectivity index (χ0) is 20.6. The van der Waals surface area contributed by atoms with Crippen molar-refractivity contribution in [1.82, 2.24) is 9.97 Å². The largest absolute Gasteiger partial charge is 0.455 e. The molecule has 2 heterocycles. The Bertz CT molecular complexity index is 1460. The van der Waals surface area contributed by atoms with Crippen LogP contribution in [0.25, 0.3) is 55.8 Å². The van der Waals surface area contributed by atoms with Gasteiger partial charge in [0, 0.05) is 21.9 Å². The number of nitrogens with zero attached hydrogens (tertiary/aromatic N) is 2. The lowest BCUT2D eigenvalue weighted by molar-refractivity contribution is 0.669. The summed E-state index contributed by atoms with van der Waals surface area (Å²) in [4.78, 5) is 9.90. The molecule has 3 heteroatoms. The molecule has 0 aliphatic carbocycles. The first kappa shape index (κ1) is 17.6. The van der Waals surface area contributed by atoms with Crippen LogP contribution in [0.1, 0.15) is 0 Å². The van der Waals surface area contributed by atoms with Gasteiger partial charge in [-0.3, -0.25) is 0 Å². The van der Waals surface area contributed by atoms with E-state index >= 15 is 0 Å². The van der Waals surface area contributed by atoms with Gasteiger partial charge in [0.05, 0.1) is 17.0 Å². The van der Waals surface area contributed by atoms with Crippen molar-refractivity contribution in [2.45, 2.75) is 0 Å². The first-order valence-electron chi connectivity index (χ1n) is 10.3. The number of para-hydroxylation sites is 2. The van der Waals surface area contributed by atoms with Crippen LogP contribution in [0.4, 0.5) is 0 Å². The van der Waals surface area contributed by atoms with E-state index in [0.717, 1.165) is 50.0 Å². The van der Waals surface area contributed by atoms with Crippen LogP contribution < -0.4 is 0 Å². The van der Waals surface area contributed by atoms with Crippen molar-refractivity contribution in [3.63, 3.8) is 0 Å². The molecule has 0 aliphatic rings. The molecule has 2 aromatic heterocycles. The van der Waals surface area contributed by atoms with E-state index in [1.807, 2.05) is 72.8 Å². The Labute approximate surface area is 179 Å². The predicted octanol–water partition coefficient (Wildman–Crippen LogP) is 7.38. The molecule has 146 valence electrons. The fraction of sp³-hybridized carbons (Fsp3) is 0. The Kier molecular flexibility index (Phi) is 4.10. The zero-order valence-corrected chi connectivity index (χ0v) is 16.7. The Morgan fingerprint density at radius 3 is 1.77 bits per heavy atom. The third-order valence-electron chi connectivity index (χ3n) is 5.51. The molecule has 0 spiro atoms. The van der Waals surface area contributed by atoms with Crippen LogP contribution in [0, 0.1) is 0 Å². The molecule has 0 unspecified atom stereocenters. The molecule has 0 saturated carbocycles. The standard InChI is InChI=1S/C28H18N2O/c1-3-10-19(11-4-1)24-18-25(20-12-5-2-6-13-20)30-28(29-24)23-16-9-15-22-21-14-7-8-17-26(21)31-27(22)23/h1-18H. The van der Waals surface area contributed by atoms with E-state index in [1.165, 1.54) is 0 Å². The summed E-state index contributed by atoms with van der Waals surface area (Å²) in [6.45, 7) is 0. The Balaban J connectivity index is 1.63. The Morgan fingerprint density at radius 1 is 0.516 bits per heavy atom. The maximum absolute atomic E-state index is 6.25. The quantitative estimate of drug-likeness (QED) is 0.312. The minimum atomic E-state index is 0.657. The van der Waals surface area contributed by atoms with Gasteiger partial charge in [-0.25, -0.2) is 9.97 Å². The molecule has 0 N–H and O–H groups in total. The SMILES string of the molecule is c1ccc(-c2cc(-c3ccccc3)nc(-c3cccc4c3oc3ccccc34)n2)cc1. The zero-order valence-electron chi connectivity index (χ0n) is 16.7. The van der Waals surface area contributed by atoms with Crippen LogP contribution in [0.3, 0.4) is 0 Å². The van der Waals surface area contributed by atoms with Gasteiger partial charge in [0.15, 0.2) is 5.82 Å². The lowest BCUT2D eigenvalue weighted by atomic mass is 10.1. The summed E-state index contributed by atoms with van der Waals surface area (Å²) in [5.41, 5.74) is 6.46. The van der Waals surface area contributed by atoms with Crippen molar-refractivity contribution in [3.05, 3.63) is 109 Å². The third kappa shape index (κ3) is 3.08. The molecule has 31 heavy (non-hydrogen) atoms. The number of furan rings is 1. The van der Waals surface area contributed by atoms with Crippen molar-refractivity contribution in [1.29, 1.82) is 0 Å². The lowest BCUT2D eigenvalue weighted by Gasteiger charge is -2.09. The molecule has 0 atom stereocenters. The Hall–Kier alpha value is -4.24. The predicted molar refractivity (Wildman–Crippen MR) is 126 cm³/mol. The van der Waals surface area contributed by atoms with Crippen LogP contribution in [-0.2, 0) is 0 Å². The highest BCUT2D eigenvalue weighted by atomic mass is 16.3. The van der Waals surface area contributed by atoms with Gasteiger partial charge in [0.2, 0.25) is 0 Å². The number of aromatic nitrogens is 2. The molecule has 4 aromatic carbocycles. The second-order valence-corrected chi connectivity index (χ2v) is 7.47. The van der Waals surface area contributed by atoms with Crippen LogP contribution in [0.5, 0.6) is 0 Å². The summed E-state index contributed by atoms with van der Waals surface area (Å²) >= 11 is 0. The first-order chi connectivity index (χ1) is 15.4. The molecule has 3 nitrogen and oxygen atoms in total. The lowest BCUT2D eigenvalue weighted by Crippen LogP contribution is -1.96. The molecule has 0 aliphatic heterocycles. The van der Waals surface area contributed by atoms with E-state index in [9.17, 15) is 0 Å². The van der Waals surface area contributed by atoms with E-state index < -0.39 is 0 Å². The smallest absolute Gasteiger partial charge is 0.164 e. The molecule has 0 radical (unpaired) electrons. The van der Waals surface area contributed by atoms with Crippen LogP contribution in [0.2, 0.25) is 0 Å². The summed E-state index contributed by atoms with van der Waals surface area (Å²) in [5.74, 6) is 0.657. The molecule has 0 amide bonds. The first-order valence-corrected chi connectivity index (χ1v) is 10.3. The van der Waals surface area contributed by atoms with Crippen molar-refractivity contribution in [2.24, 2.45) is 0 Å². The van der Waals surface area contributed by atoms with Gasteiger partial charge >= 0.3 is 0 Å². The molecule has 6 aromatic rings. The van der Waals surface area contributed by atoms with Gasteiger partial charge in [0.1, 0.15) is 11.2 Å². The number of hydrogen-bond donors (Lipinski definition) is 0. The normalized spacial score (nSPS) is 11.2. The molecule has 0 bridgehead atoms. The summed E-state index contributed by atoms with van der Waals surface area (Å²) in [6, 6.07) is 36.7. The van der Waals surface area contributed by atoms with E-state index in [0.29, 0.717) is 5.82 Å². The topological polar surface area (TPSA) is 38.9 Å². The molecular formula is C28H18N2O. The fourth-order valence-electron chi connectivity index (χ4n) is 4.00. The highest BCUT2D eigenvalue weighted by Crippen LogP contribution is 2.36. The second kappa shape index (κ2) is 7.22. The van der Waals surface area contributed by atoms with Crippen molar-refractivity contribution < 1.29 is 4.42 Å². The summed E-state index contributed by atoms with van der Waals surface area (Å²) in [6.07, 6.45) is 0. The summed E-state index contributed by atoms with van der Waals surface area (Å²) < 4.78 is 6.25. The number of rotatable bonds is 3. The minimum Gasteiger partial charge on any atom is -0.455 e. The van der Waals surface area contributed by atoms with Crippen molar-refractivity contribution in [2.75, 3.05) is 0 Å². The van der Waals surface area contributed by atoms with Gasteiger partial charge in [-0.1, -0.05) is 91.0 Å². The molecule has 0 fully saturated rings. The monoisotopic (exact) mass is 398 g/mol. The van der Waals surface area contributed by atoms with E-state index in [-0.39, 0.29) is 0 Å². The van der Waals surface area contributed by atoms with Crippen LogP contribution >= 0.6 is 0 Å². The van der Waals surface area contributed by atoms with Gasteiger partial charge in [-0.15, -0.1) is 0 Å². The molecular weight excluding hydrogens is 380 g/mol. The summed E-state index contributed by atoms with van der Waals surface area (Å²) in [5, 5.41) is 2.17. The average molecular weight is 398 g/mol. The van der Waals surface area contributed by atoms with Gasteiger partial charge in [-0.05, 0) is 18.2 Å². The fourth-order valence-corrected chi connectivity index (χ4v) is 4.00. The minimum absolute atomic E-state index is 0.657. The summed E-state index contributed by atoms with van der Waals surface area (Å²) in [7, 11) is 0. The van der Waals surface area contributed by atoms with Gasteiger partial charge in [0.25, 0.3) is 0 Å². The number of fused-ring (bicyclic) bond motifs is 3. The third-order valence-corrected chi connectivity index (χ3v) is 5.51. The highest BCUT2D eigenvalue weighted by molar-refractivity contribution is 6.09. The van der Waals surface area contributed by atoms with E-state index in [2.05, 4.69) is 36.4 Å². The van der Waals surface area contributed by atoms with Gasteiger partial charge in [-0.2, -0.15) is 0 Å². The van der Waals surface area contributed by atoms with E-state index in [1.54, 1.807) is 0 Å². The number of hydrogen-bond acceptors (Lipinski definition) is 3. The Morgan fingerprint density at radius 2 is 1.10 bits per heavy atom. The van der Waals surface area contributed by atoms with Gasteiger partial charge < -0.3 is 4.42 Å². The maximum Gasteiger partial charge on any atom is 0.164 e. The average Bonchev–Trinajstić information content (AvgIpc) is 3.24. The van der Waals surface area contributed by atoms with Crippen LogP contribution in [0.15, 0.2) is 114 Å².